The second-order valence-corrected chi connectivity index (χ2v) is 8.56. The van der Waals surface area contributed by atoms with E-state index in [1.165, 1.54) is 19.1 Å². The number of aliphatic carboxylic acids is 2. The Balaban J connectivity index is 0.000000568. The van der Waals surface area contributed by atoms with Gasteiger partial charge in [0.05, 0.1) is 19.4 Å². The van der Waals surface area contributed by atoms with Gasteiger partial charge in [0, 0.05) is 29.5 Å². The van der Waals surface area contributed by atoms with Crippen LogP contribution in [0.15, 0.2) is 40.9 Å². The zero-order chi connectivity index (χ0) is 26.9. The predicted octanol–water partition coefficient (Wildman–Crippen LogP) is 3.98. The van der Waals surface area contributed by atoms with Crippen LogP contribution in [0.4, 0.5) is 4.39 Å². The van der Waals surface area contributed by atoms with Crippen molar-refractivity contribution in [3.63, 3.8) is 0 Å². The van der Waals surface area contributed by atoms with Gasteiger partial charge in [-0.3, -0.25) is 4.79 Å². The first-order chi connectivity index (χ1) is 17.7. The minimum absolute atomic E-state index is 0.000894. The number of hydrogen-bond acceptors (Lipinski definition) is 8. The van der Waals surface area contributed by atoms with Gasteiger partial charge in [-0.25, -0.2) is 14.0 Å². The van der Waals surface area contributed by atoms with Crippen LogP contribution in [-0.4, -0.2) is 71.3 Å². The number of ether oxygens (including phenoxy) is 2. The lowest BCUT2D eigenvalue weighted by Crippen LogP contribution is -2.34. The molecule has 1 aromatic heterocycles. The highest BCUT2D eigenvalue weighted by molar-refractivity contribution is 6.27. The standard InChI is InChI=1S/C24H27FN2O4.C2H2O4/c1-16(28)18-4-7-21(23(14-18)29-2)30-13-3-10-27-11-8-17(9-12-27)24-20-6-5-19(25)15-22(20)31-26-24;3-1(4)2(5)6/h4-7,14-15,17H,3,8-13H2,1-2H3;(H,3,4)(H,5,6). The number of carboxylic acid groups (broad SMARTS) is 2. The Morgan fingerprint density at radius 2 is 1.78 bits per heavy atom. The summed E-state index contributed by atoms with van der Waals surface area (Å²) in [4.78, 5) is 32.1. The molecule has 2 aromatic carbocycles. The van der Waals surface area contributed by atoms with Crippen LogP contribution < -0.4 is 9.47 Å². The average molecular weight is 517 g/mol. The molecule has 2 heterocycles. The number of carboxylic acids is 2. The number of carbonyl (C=O) groups is 3. The van der Waals surface area contributed by atoms with Crippen LogP contribution in [0.1, 0.15) is 48.2 Å². The van der Waals surface area contributed by atoms with Crippen LogP contribution in [0.2, 0.25) is 0 Å². The molecule has 1 fully saturated rings. The summed E-state index contributed by atoms with van der Waals surface area (Å²) in [5, 5.41) is 19.9. The molecule has 0 aliphatic carbocycles. The lowest BCUT2D eigenvalue weighted by molar-refractivity contribution is -0.159. The number of halogens is 1. The number of ketones is 1. The van der Waals surface area contributed by atoms with Crippen molar-refractivity contribution in [1.82, 2.24) is 10.1 Å². The smallest absolute Gasteiger partial charge is 0.414 e. The molecule has 198 valence electrons. The predicted molar refractivity (Wildman–Crippen MR) is 131 cm³/mol. The number of likely N-dealkylation sites (tertiary alicyclic amines) is 1. The number of Topliss-reactive ketones (excluding diaryl/α,β-unsaturated/α-hetero) is 1. The maximum absolute atomic E-state index is 13.4. The van der Waals surface area contributed by atoms with Crippen molar-refractivity contribution < 1.29 is 43.0 Å². The van der Waals surface area contributed by atoms with Gasteiger partial charge >= 0.3 is 11.9 Å². The number of methoxy groups -OCH3 is 1. The summed E-state index contributed by atoms with van der Waals surface area (Å²) in [7, 11) is 1.57. The van der Waals surface area contributed by atoms with E-state index in [-0.39, 0.29) is 11.6 Å². The number of fused-ring (bicyclic) bond motifs is 1. The highest BCUT2D eigenvalue weighted by atomic mass is 19.1. The molecule has 37 heavy (non-hydrogen) atoms. The third-order valence-corrected chi connectivity index (χ3v) is 6.07. The van der Waals surface area contributed by atoms with E-state index in [2.05, 4.69) is 10.1 Å². The SMILES string of the molecule is COc1cc(C(C)=O)ccc1OCCCN1CCC(c2noc3cc(F)ccc23)CC1.O=C(O)C(=O)O. The fourth-order valence-electron chi connectivity index (χ4n) is 4.13. The van der Waals surface area contributed by atoms with E-state index in [0.29, 0.717) is 35.2 Å². The van der Waals surface area contributed by atoms with E-state index in [4.69, 9.17) is 33.8 Å². The van der Waals surface area contributed by atoms with Crippen LogP contribution in [-0.2, 0) is 9.59 Å². The van der Waals surface area contributed by atoms with E-state index < -0.39 is 11.9 Å². The van der Waals surface area contributed by atoms with Gasteiger partial charge < -0.3 is 29.1 Å². The van der Waals surface area contributed by atoms with Gasteiger partial charge in [0.15, 0.2) is 22.9 Å². The summed E-state index contributed by atoms with van der Waals surface area (Å²) in [6.45, 7) is 5.03. The van der Waals surface area contributed by atoms with E-state index in [0.717, 1.165) is 50.0 Å². The third-order valence-electron chi connectivity index (χ3n) is 6.07. The molecule has 1 saturated heterocycles. The fourth-order valence-corrected chi connectivity index (χ4v) is 4.13. The van der Waals surface area contributed by atoms with Gasteiger partial charge in [0.25, 0.3) is 0 Å². The fraction of sp³-hybridized carbons (Fsp3) is 0.385. The maximum Gasteiger partial charge on any atom is 0.414 e. The Bertz CT molecular complexity index is 1240. The first-order valence-electron chi connectivity index (χ1n) is 11.7. The van der Waals surface area contributed by atoms with Crippen LogP contribution in [0.5, 0.6) is 11.5 Å². The van der Waals surface area contributed by atoms with Crippen molar-refractivity contribution in [2.75, 3.05) is 33.4 Å². The third kappa shape index (κ3) is 7.50. The summed E-state index contributed by atoms with van der Waals surface area (Å²) < 4.78 is 29.9. The summed E-state index contributed by atoms with van der Waals surface area (Å²) in [6, 6.07) is 9.87. The van der Waals surface area contributed by atoms with E-state index >= 15 is 0 Å². The molecule has 2 N–H and O–H groups in total. The second-order valence-electron chi connectivity index (χ2n) is 8.56. The van der Waals surface area contributed by atoms with Crippen molar-refractivity contribution in [1.29, 1.82) is 0 Å². The normalized spacial score (nSPS) is 14.0. The van der Waals surface area contributed by atoms with Crippen molar-refractivity contribution >= 4 is 28.7 Å². The van der Waals surface area contributed by atoms with Crippen LogP contribution in [0.25, 0.3) is 11.0 Å². The number of piperidine rings is 1. The number of carbonyl (C=O) groups excluding carboxylic acids is 1. The number of nitrogens with zero attached hydrogens (tertiary/aromatic N) is 2. The maximum atomic E-state index is 13.4. The molecular weight excluding hydrogens is 487 g/mol. The van der Waals surface area contributed by atoms with E-state index in [1.54, 1.807) is 31.4 Å². The highest BCUT2D eigenvalue weighted by Gasteiger charge is 2.25. The van der Waals surface area contributed by atoms with Crippen molar-refractivity contribution in [2.45, 2.75) is 32.1 Å². The monoisotopic (exact) mass is 516 g/mol. The molecule has 0 spiro atoms. The van der Waals surface area contributed by atoms with Gasteiger partial charge in [-0.2, -0.15) is 0 Å². The Morgan fingerprint density at radius 1 is 1.08 bits per heavy atom. The average Bonchev–Trinajstić information content (AvgIpc) is 3.30. The van der Waals surface area contributed by atoms with Crippen molar-refractivity contribution in [3.8, 4) is 11.5 Å². The molecule has 0 radical (unpaired) electrons. The van der Waals surface area contributed by atoms with Crippen LogP contribution in [0.3, 0.4) is 0 Å². The molecule has 0 saturated carbocycles. The second kappa shape index (κ2) is 12.8. The first-order valence-corrected chi connectivity index (χ1v) is 11.7. The minimum atomic E-state index is -1.82. The van der Waals surface area contributed by atoms with Crippen molar-refractivity contribution in [2.24, 2.45) is 0 Å². The Hall–Kier alpha value is -3.99. The quantitative estimate of drug-likeness (QED) is 0.257. The molecule has 1 aliphatic rings. The van der Waals surface area contributed by atoms with Gasteiger partial charge in [0.2, 0.25) is 0 Å². The molecular formula is C26H29FN2O8. The van der Waals surface area contributed by atoms with E-state index in [9.17, 15) is 9.18 Å². The Kier molecular flexibility index (Phi) is 9.56. The zero-order valence-electron chi connectivity index (χ0n) is 20.6. The number of aromatic nitrogens is 1. The molecule has 1 aliphatic heterocycles. The minimum Gasteiger partial charge on any atom is -0.493 e. The Labute approximate surface area is 212 Å². The topological polar surface area (TPSA) is 139 Å². The number of hydrogen-bond donors (Lipinski definition) is 2. The lowest BCUT2D eigenvalue weighted by Gasteiger charge is -2.31. The van der Waals surface area contributed by atoms with Gasteiger partial charge in [-0.15, -0.1) is 0 Å². The van der Waals surface area contributed by atoms with Crippen LogP contribution in [0, 0.1) is 5.82 Å². The van der Waals surface area contributed by atoms with Gasteiger partial charge in [-0.1, -0.05) is 5.16 Å². The summed E-state index contributed by atoms with van der Waals surface area (Å²) in [5.41, 5.74) is 2.07. The van der Waals surface area contributed by atoms with Gasteiger partial charge in [0.1, 0.15) is 5.82 Å². The largest absolute Gasteiger partial charge is 0.493 e. The summed E-state index contributed by atoms with van der Waals surface area (Å²) in [6.07, 6.45) is 2.90. The molecule has 3 aromatic rings. The highest BCUT2D eigenvalue weighted by Crippen LogP contribution is 2.33. The van der Waals surface area contributed by atoms with Crippen LogP contribution >= 0.6 is 0 Å². The molecule has 10 nitrogen and oxygen atoms in total. The van der Waals surface area contributed by atoms with E-state index in [1.807, 2.05) is 0 Å². The summed E-state index contributed by atoms with van der Waals surface area (Å²) in [5.74, 6) is -2.39. The lowest BCUT2D eigenvalue weighted by atomic mass is 9.91. The number of rotatable bonds is 8. The van der Waals surface area contributed by atoms with Crippen molar-refractivity contribution in [3.05, 3.63) is 53.5 Å². The molecule has 11 heteroatoms. The van der Waals surface area contributed by atoms with Gasteiger partial charge in [-0.05, 0) is 69.6 Å². The summed E-state index contributed by atoms with van der Waals surface area (Å²) >= 11 is 0. The molecule has 0 bridgehead atoms. The first kappa shape index (κ1) is 27.6. The molecule has 0 amide bonds. The molecule has 0 atom stereocenters. The number of benzene rings is 2. The Morgan fingerprint density at radius 3 is 2.41 bits per heavy atom. The molecule has 4 rings (SSSR count). The molecule has 0 unspecified atom stereocenters. The zero-order valence-corrected chi connectivity index (χ0v) is 20.6.